The quantitative estimate of drug-likeness (QED) is 0.499. The first-order chi connectivity index (χ1) is 12.0. The Balaban J connectivity index is 2.02. The van der Waals surface area contributed by atoms with E-state index in [0.717, 1.165) is 0 Å². The van der Waals surface area contributed by atoms with E-state index >= 15 is 0 Å². The lowest BCUT2D eigenvalue weighted by atomic mass is 9.96. The Morgan fingerprint density at radius 1 is 1.12 bits per heavy atom. The lowest BCUT2D eigenvalue weighted by molar-refractivity contribution is -0.133. The molecule has 5 nitrogen and oxygen atoms in total. The molecular formula is C19H16ClNO4. The summed E-state index contributed by atoms with van der Waals surface area (Å²) < 4.78 is 5.36. The molecule has 25 heavy (non-hydrogen) atoms. The molecule has 2 aromatic rings. The highest BCUT2D eigenvalue weighted by atomic mass is 35.5. The lowest BCUT2D eigenvalue weighted by Gasteiger charge is -2.14. The number of benzene rings is 2. The second-order valence-corrected chi connectivity index (χ2v) is 5.94. The van der Waals surface area contributed by atoms with Crippen molar-refractivity contribution in [2.75, 3.05) is 6.61 Å². The van der Waals surface area contributed by atoms with E-state index in [1.807, 2.05) is 6.92 Å². The van der Waals surface area contributed by atoms with Gasteiger partial charge in [0.25, 0.3) is 11.7 Å². The molecule has 1 saturated heterocycles. The fourth-order valence-corrected chi connectivity index (χ4v) is 2.83. The third-order valence-electron chi connectivity index (χ3n) is 3.91. The number of hydrogen-bond donors (Lipinski definition) is 2. The van der Waals surface area contributed by atoms with Crippen LogP contribution in [0.25, 0.3) is 5.76 Å². The predicted molar refractivity (Wildman–Crippen MR) is 94.5 cm³/mol. The molecule has 1 aliphatic heterocycles. The number of aliphatic hydroxyl groups excluding tert-OH is 1. The van der Waals surface area contributed by atoms with Crippen molar-refractivity contribution in [3.05, 3.63) is 70.3 Å². The first-order valence-electron chi connectivity index (χ1n) is 7.78. The Morgan fingerprint density at radius 3 is 2.36 bits per heavy atom. The number of Topliss-reactive ketones (excluding diaryl/α,β-unsaturated/α-hetero) is 1. The van der Waals surface area contributed by atoms with Gasteiger partial charge in [-0.05, 0) is 48.9 Å². The van der Waals surface area contributed by atoms with Gasteiger partial charge in [0.2, 0.25) is 0 Å². The van der Waals surface area contributed by atoms with Gasteiger partial charge in [0.05, 0.1) is 18.2 Å². The minimum atomic E-state index is -0.744. The van der Waals surface area contributed by atoms with Crippen LogP contribution in [0.4, 0.5) is 0 Å². The number of rotatable bonds is 4. The molecule has 2 N–H and O–H groups in total. The largest absolute Gasteiger partial charge is 0.507 e. The van der Waals surface area contributed by atoms with Gasteiger partial charge in [-0.1, -0.05) is 23.7 Å². The SMILES string of the molecule is CCOc1ccc(C(O)=C2C(=O)C(=O)N[C@H]2c2ccc(Cl)cc2)cc1. The van der Waals surface area contributed by atoms with Crippen LogP contribution in [0.5, 0.6) is 5.75 Å². The van der Waals surface area contributed by atoms with Crippen molar-refractivity contribution in [3.8, 4) is 5.75 Å². The molecule has 2 aromatic carbocycles. The van der Waals surface area contributed by atoms with E-state index in [-0.39, 0.29) is 11.3 Å². The van der Waals surface area contributed by atoms with E-state index in [2.05, 4.69) is 5.32 Å². The summed E-state index contributed by atoms with van der Waals surface area (Å²) in [5.41, 5.74) is 1.12. The van der Waals surface area contributed by atoms with E-state index in [1.165, 1.54) is 0 Å². The zero-order valence-corrected chi connectivity index (χ0v) is 14.2. The number of ketones is 1. The number of carbonyl (C=O) groups excluding carboxylic acids is 2. The maximum atomic E-state index is 12.3. The summed E-state index contributed by atoms with van der Waals surface area (Å²) in [5, 5.41) is 13.8. The van der Waals surface area contributed by atoms with Crippen LogP contribution in [0.15, 0.2) is 54.1 Å². The molecule has 0 unspecified atom stereocenters. The number of halogens is 1. The van der Waals surface area contributed by atoms with Gasteiger partial charge in [-0.25, -0.2) is 0 Å². The van der Waals surface area contributed by atoms with E-state index < -0.39 is 17.7 Å². The van der Waals surface area contributed by atoms with E-state index in [4.69, 9.17) is 16.3 Å². The Hall–Kier alpha value is -2.79. The normalized spacial score (nSPS) is 18.9. The molecule has 0 aromatic heterocycles. The standard InChI is InChI=1S/C19H16ClNO4/c1-2-25-14-9-5-12(6-10-14)17(22)15-16(21-19(24)18(15)23)11-3-7-13(20)8-4-11/h3-10,16,22H,2H2,1H3,(H,21,24)/t16-/m0/s1. The molecular weight excluding hydrogens is 342 g/mol. The molecule has 1 aliphatic rings. The Morgan fingerprint density at radius 2 is 1.76 bits per heavy atom. The minimum Gasteiger partial charge on any atom is -0.507 e. The van der Waals surface area contributed by atoms with Gasteiger partial charge >= 0.3 is 0 Å². The highest BCUT2D eigenvalue weighted by Crippen LogP contribution is 2.33. The topological polar surface area (TPSA) is 75.6 Å². The molecule has 3 rings (SSSR count). The number of hydrogen-bond acceptors (Lipinski definition) is 4. The monoisotopic (exact) mass is 357 g/mol. The van der Waals surface area contributed by atoms with Crippen LogP contribution in [0.3, 0.4) is 0 Å². The summed E-state index contributed by atoms with van der Waals surface area (Å²) in [4.78, 5) is 24.1. The van der Waals surface area contributed by atoms with Crippen molar-refractivity contribution >= 4 is 29.1 Å². The zero-order chi connectivity index (χ0) is 18.0. The fourth-order valence-electron chi connectivity index (χ4n) is 2.70. The zero-order valence-electron chi connectivity index (χ0n) is 13.5. The second kappa shape index (κ2) is 6.99. The summed E-state index contributed by atoms with van der Waals surface area (Å²) in [5.74, 6) is -1.06. The molecule has 1 atom stereocenters. The van der Waals surface area contributed by atoms with E-state index in [9.17, 15) is 14.7 Å². The number of amides is 1. The molecule has 1 fully saturated rings. The summed E-state index contributed by atoms with van der Waals surface area (Å²) in [7, 11) is 0. The Labute approximate surface area is 149 Å². The lowest BCUT2D eigenvalue weighted by Crippen LogP contribution is -2.21. The molecule has 6 heteroatoms. The number of nitrogens with one attached hydrogen (secondary N) is 1. The van der Waals surface area contributed by atoms with Crippen LogP contribution >= 0.6 is 11.6 Å². The molecule has 1 heterocycles. The van der Waals surface area contributed by atoms with Crippen molar-refractivity contribution in [1.29, 1.82) is 0 Å². The van der Waals surface area contributed by atoms with Crippen LogP contribution in [0, 0.1) is 0 Å². The average Bonchev–Trinajstić information content (AvgIpc) is 2.91. The Bertz CT molecular complexity index is 841. The number of aliphatic hydroxyl groups is 1. The summed E-state index contributed by atoms with van der Waals surface area (Å²) >= 11 is 5.88. The molecule has 128 valence electrons. The van der Waals surface area contributed by atoms with Crippen LogP contribution < -0.4 is 10.1 Å². The second-order valence-electron chi connectivity index (χ2n) is 5.51. The van der Waals surface area contributed by atoms with Crippen LogP contribution in [0.2, 0.25) is 5.02 Å². The maximum Gasteiger partial charge on any atom is 0.293 e. The van der Waals surface area contributed by atoms with Gasteiger partial charge in [-0.15, -0.1) is 0 Å². The van der Waals surface area contributed by atoms with E-state index in [1.54, 1.807) is 48.5 Å². The smallest absolute Gasteiger partial charge is 0.293 e. The van der Waals surface area contributed by atoms with Gasteiger partial charge < -0.3 is 15.2 Å². The van der Waals surface area contributed by atoms with E-state index in [0.29, 0.717) is 28.5 Å². The van der Waals surface area contributed by atoms with Crippen LogP contribution in [0.1, 0.15) is 24.1 Å². The molecule has 0 spiro atoms. The molecule has 0 radical (unpaired) electrons. The van der Waals surface area contributed by atoms with Crippen molar-refractivity contribution in [3.63, 3.8) is 0 Å². The molecule has 0 aliphatic carbocycles. The molecule has 0 bridgehead atoms. The summed E-state index contributed by atoms with van der Waals surface area (Å²) in [6, 6.07) is 12.7. The first kappa shape index (κ1) is 17.0. The summed E-state index contributed by atoms with van der Waals surface area (Å²) in [6.45, 7) is 2.40. The van der Waals surface area contributed by atoms with Crippen molar-refractivity contribution in [2.24, 2.45) is 0 Å². The van der Waals surface area contributed by atoms with Gasteiger partial charge in [-0.2, -0.15) is 0 Å². The molecule has 1 amide bonds. The van der Waals surface area contributed by atoms with Gasteiger partial charge in [0, 0.05) is 10.6 Å². The first-order valence-corrected chi connectivity index (χ1v) is 8.16. The van der Waals surface area contributed by atoms with Gasteiger partial charge in [0.1, 0.15) is 11.5 Å². The number of ether oxygens (including phenoxy) is 1. The van der Waals surface area contributed by atoms with Crippen molar-refractivity contribution in [1.82, 2.24) is 5.32 Å². The minimum absolute atomic E-state index is 0.0245. The maximum absolute atomic E-state index is 12.3. The van der Waals surface area contributed by atoms with Crippen molar-refractivity contribution in [2.45, 2.75) is 13.0 Å². The fraction of sp³-hybridized carbons (Fsp3) is 0.158. The predicted octanol–water partition coefficient (Wildman–Crippen LogP) is 3.45. The number of carbonyl (C=O) groups is 2. The third kappa shape index (κ3) is 3.37. The summed E-state index contributed by atoms with van der Waals surface area (Å²) in [6.07, 6.45) is 0. The third-order valence-corrected chi connectivity index (χ3v) is 4.16. The average molecular weight is 358 g/mol. The Kier molecular flexibility index (Phi) is 4.76. The van der Waals surface area contributed by atoms with Crippen molar-refractivity contribution < 1.29 is 19.4 Å². The highest BCUT2D eigenvalue weighted by molar-refractivity contribution is 6.46. The highest BCUT2D eigenvalue weighted by Gasteiger charge is 2.39. The van der Waals surface area contributed by atoms with Crippen LogP contribution in [-0.4, -0.2) is 23.4 Å². The van der Waals surface area contributed by atoms with Gasteiger partial charge in [0.15, 0.2) is 0 Å². The van der Waals surface area contributed by atoms with Gasteiger partial charge in [-0.3, -0.25) is 9.59 Å². The van der Waals surface area contributed by atoms with Crippen LogP contribution in [-0.2, 0) is 9.59 Å². The molecule has 0 saturated carbocycles.